The largest absolute Gasteiger partial charge is 0.356 e. The van der Waals surface area contributed by atoms with Gasteiger partial charge in [0.2, 0.25) is 0 Å². The van der Waals surface area contributed by atoms with Gasteiger partial charge in [-0.3, -0.25) is 9.89 Å². The van der Waals surface area contributed by atoms with Crippen LogP contribution < -0.4 is 10.6 Å². The van der Waals surface area contributed by atoms with Gasteiger partial charge in [0.15, 0.2) is 5.96 Å². The Balaban J connectivity index is 1.58. The lowest BCUT2D eigenvalue weighted by Gasteiger charge is -2.34. The van der Waals surface area contributed by atoms with Crippen molar-refractivity contribution in [1.82, 2.24) is 25.4 Å². The Kier molecular flexibility index (Phi) is 7.78. The first kappa shape index (κ1) is 18.2. The lowest BCUT2D eigenvalue weighted by molar-refractivity contribution is 0.139. The summed E-state index contributed by atoms with van der Waals surface area (Å²) in [6, 6.07) is 0. The average molecular weight is 339 g/mol. The van der Waals surface area contributed by atoms with E-state index in [9.17, 15) is 0 Å². The van der Waals surface area contributed by atoms with E-state index in [1.807, 2.05) is 13.2 Å². The van der Waals surface area contributed by atoms with Crippen LogP contribution in [0.15, 0.2) is 11.2 Å². The molecule has 0 unspecified atom stereocenters. The molecule has 2 rings (SSSR count). The Bertz CT molecular complexity index is 479. The summed E-state index contributed by atoms with van der Waals surface area (Å²) in [5.41, 5.74) is 0. The van der Waals surface area contributed by atoms with Gasteiger partial charge in [-0.05, 0) is 13.5 Å². The number of nitrogens with one attached hydrogen (secondary N) is 2. The van der Waals surface area contributed by atoms with Gasteiger partial charge in [0.1, 0.15) is 0 Å². The normalized spacial score (nSPS) is 17.4. The third-order valence-electron chi connectivity index (χ3n) is 4.16. The molecular formula is C16H30N6S. The van der Waals surface area contributed by atoms with Crippen LogP contribution in [0.25, 0.3) is 0 Å². The molecule has 1 aliphatic heterocycles. The molecule has 2 N–H and O–H groups in total. The van der Waals surface area contributed by atoms with Crippen molar-refractivity contribution in [3.05, 3.63) is 16.1 Å². The summed E-state index contributed by atoms with van der Waals surface area (Å²) in [6.07, 6.45) is 2.88. The van der Waals surface area contributed by atoms with Gasteiger partial charge < -0.3 is 15.5 Å². The van der Waals surface area contributed by atoms with Crippen molar-refractivity contribution < 1.29 is 0 Å². The van der Waals surface area contributed by atoms with E-state index in [0.29, 0.717) is 0 Å². The fourth-order valence-corrected chi connectivity index (χ4v) is 3.47. The van der Waals surface area contributed by atoms with E-state index in [2.05, 4.69) is 44.3 Å². The van der Waals surface area contributed by atoms with Gasteiger partial charge in [-0.15, -0.1) is 11.3 Å². The van der Waals surface area contributed by atoms with E-state index in [-0.39, 0.29) is 0 Å². The molecule has 1 aliphatic rings. The number of aryl methyl sites for hydroxylation is 1. The Morgan fingerprint density at radius 3 is 2.52 bits per heavy atom. The molecule has 130 valence electrons. The first-order chi connectivity index (χ1) is 11.2. The summed E-state index contributed by atoms with van der Waals surface area (Å²) >= 11 is 1.76. The number of nitrogens with zero attached hydrogens (tertiary/aromatic N) is 4. The quantitative estimate of drug-likeness (QED) is 0.569. The number of hydrogen-bond acceptors (Lipinski definition) is 5. The van der Waals surface area contributed by atoms with Gasteiger partial charge >= 0.3 is 0 Å². The second-order valence-corrected chi connectivity index (χ2v) is 7.14. The lowest BCUT2D eigenvalue weighted by Crippen LogP contribution is -2.49. The molecule has 6 nitrogen and oxygen atoms in total. The van der Waals surface area contributed by atoms with Crippen LogP contribution in [0, 0.1) is 6.92 Å². The highest BCUT2D eigenvalue weighted by atomic mass is 32.1. The minimum atomic E-state index is 0.863. The second kappa shape index (κ2) is 9.85. The highest BCUT2D eigenvalue weighted by Gasteiger charge is 2.14. The van der Waals surface area contributed by atoms with E-state index in [1.54, 1.807) is 11.3 Å². The van der Waals surface area contributed by atoms with Crippen LogP contribution in [0.5, 0.6) is 0 Å². The molecule has 0 aliphatic carbocycles. The topological polar surface area (TPSA) is 55.8 Å². The van der Waals surface area contributed by atoms with Crippen LogP contribution in [0.3, 0.4) is 0 Å². The number of thiazole rings is 1. The minimum absolute atomic E-state index is 0.863. The molecule has 0 aromatic carbocycles. The van der Waals surface area contributed by atoms with Crippen molar-refractivity contribution >= 4 is 17.3 Å². The van der Waals surface area contributed by atoms with Crippen molar-refractivity contribution in [3.8, 4) is 0 Å². The number of likely N-dealkylation sites (N-methyl/N-ethyl adjacent to an activating group) is 1. The minimum Gasteiger partial charge on any atom is -0.356 e. The highest BCUT2D eigenvalue weighted by molar-refractivity contribution is 7.11. The fourth-order valence-electron chi connectivity index (χ4n) is 2.69. The summed E-state index contributed by atoms with van der Waals surface area (Å²) in [5, 5.41) is 7.94. The van der Waals surface area contributed by atoms with Crippen molar-refractivity contribution in [1.29, 1.82) is 0 Å². The third-order valence-corrected chi connectivity index (χ3v) is 5.13. The predicted octanol–water partition coefficient (Wildman–Crippen LogP) is 0.797. The maximum Gasteiger partial charge on any atom is 0.191 e. The number of aliphatic imine (C=N–C) groups is 1. The molecule has 0 spiro atoms. The first-order valence-electron chi connectivity index (χ1n) is 8.51. The van der Waals surface area contributed by atoms with Crippen molar-refractivity contribution in [2.24, 2.45) is 4.99 Å². The van der Waals surface area contributed by atoms with Crippen LogP contribution in [-0.4, -0.2) is 80.1 Å². The van der Waals surface area contributed by atoms with Crippen molar-refractivity contribution in [2.45, 2.75) is 20.3 Å². The Hall–Kier alpha value is -1.18. The Morgan fingerprint density at radius 2 is 1.91 bits per heavy atom. The number of hydrogen-bond donors (Lipinski definition) is 2. The van der Waals surface area contributed by atoms with Crippen LogP contribution in [0.4, 0.5) is 0 Å². The van der Waals surface area contributed by atoms with E-state index >= 15 is 0 Å². The first-order valence-corrected chi connectivity index (χ1v) is 9.33. The van der Waals surface area contributed by atoms with Gasteiger partial charge in [-0.25, -0.2) is 4.98 Å². The maximum atomic E-state index is 4.38. The summed E-state index contributed by atoms with van der Waals surface area (Å²) in [6.45, 7) is 13.1. The van der Waals surface area contributed by atoms with Crippen LogP contribution in [0.1, 0.15) is 16.8 Å². The molecule has 1 aromatic rings. The van der Waals surface area contributed by atoms with Crippen molar-refractivity contribution in [3.63, 3.8) is 0 Å². The zero-order valence-electron chi connectivity index (χ0n) is 14.6. The molecule has 0 radical (unpaired) electrons. The van der Waals surface area contributed by atoms with Gasteiger partial charge in [0, 0.05) is 70.4 Å². The van der Waals surface area contributed by atoms with E-state index in [1.165, 1.54) is 42.6 Å². The summed E-state index contributed by atoms with van der Waals surface area (Å²) in [5.74, 6) is 0.880. The van der Waals surface area contributed by atoms with Gasteiger partial charge in [0.25, 0.3) is 0 Å². The molecule has 0 saturated carbocycles. The summed E-state index contributed by atoms with van der Waals surface area (Å²) in [4.78, 5) is 15.0. The van der Waals surface area contributed by atoms with Crippen molar-refractivity contribution in [2.75, 3.05) is 59.4 Å². The van der Waals surface area contributed by atoms with E-state index in [0.717, 1.165) is 32.0 Å². The van der Waals surface area contributed by atoms with E-state index in [4.69, 9.17) is 0 Å². The number of piperazine rings is 1. The zero-order valence-corrected chi connectivity index (χ0v) is 15.5. The molecular weight excluding hydrogens is 308 g/mol. The standard InChI is InChI=1S/C16H30N6S/c1-4-21-9-11-22(12-10-21)8-7-19-16(17-3)18-6-5-15-20-13-14(2)23-15/h13H,4-12H2,1-3H3,(H2,17,18,19). The number of rotatable bonds is 7. The smallest absolute Gasteiger partial charge is 0.191 e. The predicted molar refractivity (Wildman–Crippen MR) is 98.5 cm³/mol. The van der Waals surface area contributed by atoms with Crippen LogP contribution >= 0.6 is 11.3 Å². The Morgan fingerprint density at radius 1 is 1.22 bits per heavy atom. The lowest BCUT2D eigenvalue weighted by atomic mass is 10.3. The summed E-state index contributed by atoms with van der Waals surface area (Å²) < 4.78 is 0. The highest BCUT2D eigenvalue weighted by Crippen LogP contribution is 2.10. The molecule has 7 heteroatoms. The molecule has 0 amide bonds. The zero-order chi connectivity index (χ0) is 16.5. The third kappa shape index (κ3) is 6.45. The number of guanidine groups is 1. The van der Waals surface area contributed by atoms with Crippen LogP contribution in [-0.2, 0) is 6.42 Å². The second-order valence-electron chi connectivity index (χ2n) is 5.82. The molecule has 2 heterocycles. The SMILES string of the molecule is CCN1CCN(CCNC(=NC)NCCc2ncc(C)s2)CC1. The molecule has 1 fully saturated rings. The van der Waals surface area contributed by atoms with Gasteiger partial charge in [-0.1, -0.05) is 6.92 Å². The maximum absolute atomic E-state index is 4.38. The number of aromatic nitrogens is 1. The molecule has 0 atom stereocenters. The Labute approximate surface area is 144 Å². The molecule has 0 bridgehead atoms. The molecule has 23 heavy (non-hydrogen) atoms. The fraction of sp³-hybridized carbons (Fsp3) is 0.750. The van der Waals surface area contributed by atoms with Gasteiger partial charge in [0.05, 0.1) is 5.01 Å². The van der Waals surface area contributed by atoms with Gasteiger partial charge in [-0.2, -0.15) is 0 Å². The average Bonchev–Trinajstić information content (AvgIpc) is 2.99. The van der Waals surface area contributed by atoms with E-state index < -0.39 is 0 Å². The monoisotopic (exact) mass is 338 g/mol. The van der Waals surface area contributed by atoms with Crippen LogP contribution in [0.2, 0.25) is 0 Å². The molecule has 1 saturated heterocycles. The summed E-state index contributed by atoms with van der Waals surface area (Å²) in [7, 11) is 1.82. The molecule has 1 aromatic heterocycles.